The maximum Gasteiger partial charge on any atom is 0.410 e. The largest absolute Gasteiger partial charge is 0.474 e. The number of ether oxygens (including phenoxy) is 2. The van der Waals surface area contributed by atoms with Gasteiger partial charge in [-0.2, -0.15) is 0 Å². The van der Waals surface area contributed by atoms with E-state index in [1.54, 1.807) is 4.90 Å². The van der Waals surface area contributed by atoms with Crippen LogP contribution in [0.5, 0.6) is 5.88 Å². The van der Waals surface area contributed by atoms with Crippen LogP contribution in [0, 0.1) is 0 Å². The number of piperidine rings is 1. The Morgan fingerprint density at radius 2 is 1.86 bits per heavy atom. The molecule has 0 N–H and O–H groups in total. The number of aromatic nitrogens is 1. The summed E-state index contributed by atoms with van der Waals surface area (Å²) in [6.45, 7) is 9.16. The van der Waals surface area contributed by atoms with Crippen LogP contribution in [0.2, 0.25) is 0 Å². The molecule has 0 aromatic carbocycles. The van der Waals surface area contributed by atoms with Crippen LogP contribution in [0.3, 0.4) is 0 Å². The van der Waals surface area contributed by atoms with Crippen LogP contribution in [0.15, 0.2) is 12.1 Å². The van der Waals surface area contributed by atoms with E-state index in [2.05, 4.69) is 11.0 Å². The van der Waals surface area contributed by atoms with Gasteiger partial charge >= 0.3 is 6.09 Å². The first-order valence-electron chi connectivity index (χ1n) is 10.7. The van der Waals surface area contributed by atoms with Gasteiger partial charge in [-0.1, -0.05) is 12.5 Å². The fourth-order valence-corrected chi connectivity index (χ4v) is 4.23. The SMILES string of the molecule is CC(C)(C)OC(=O)N1CCc2nc(OC3CCN(C4CCC4)CC3)ccc2C1. The molecule has 4 rings (SSSR count). The zero-order chi connectivity index (χ0) is 19.7. The first-order chi connectivity index (χ1) is 13.4. The fourth-order valence-electron chi connectivity index (χ4n) is 4.23. The summed E-state index contributed by atoms with van der Waals surface area (Å²) in [6, 6.07) is 4.84. The normalized spacial score (nSPS) is 21.8. The lowest BCUT2D eigenvalue weighted by Crippen LogP contribution is -2.46. The van der Waals surface area contributed by atoms with Gasteiger partial charge in [-0.15, -0.1) is 0 Å². The average Bonchev–Trinajstić information content (AvgIpc) is 2.60. The zero-order valence-corrected chi connectivity index (χ0v) is 17.4. The molecule has 28 heavy (non-hydrogen) atoms. The molecule has 154 valence electrons. The van der Waals surface area contributed by atoms with Gasteiger partial charge in [0.2, 0.25) is 5.88 Å². The van der Waals surface area contributed by atoms with Crippen molar-refractivity contribution in [3.05, 3.63) is 23.4 Å². The summed E-state index contributed by atoms with van der Waals surface area (Å²) in [5.74, 6) is 0.728. The number of hydrogen-bond acceptors (Lipinski definition) is 5. The second-order valence-corrected chi connectivity index (χ2v) is 9.35. The second-order valence-electron chi connectivity index (χ2n) is 9.35. The monoisotopic (exact) mass is 387 g/mol. The van der Waals surface area contributed by atoms with E-state index in [1.165, 1.54) is 19.3 Å². The van der Waals surface area contributed by atoms with Crippen molar-refractivity contribution in [1.82, 2.24) is 14.8 Å². The van der Waals surface area contributed by atoms with E-state index >= 15 is 0 Å². The van der Waals surface area contributed by atoms with Crippen LogP contribution >= 0.6 is 0 Å². The maximum absolute atomic E-state index is 12.3. The Morgan fingerprint density at radius 3 is 2.50 bits per heavy atom. The number of amides is 1. The van der Waals surface area contributed by atoms with Gasteiger partial charge in [-0.05, 0) is 52.0 Å². The molecule has 1 saturated carbocycles. The number of carbonyl (C=O) groups is 1. The topological polar surface area (TPSA) is 54.9 Å². The smallest absolute Gasteiger partial charge is 0.410 e. The molecular weight excluding hydrogens is 354 g/mol. The fraction of sp³-hybridized carbons (Fsp3) is 0.727. The Hall–Kier alpha value is -1.82. The molecule has 2 fully saturated rings. The van der Waals surface area contributed by atoms with E-state index in [0.717, 1.165) is 55.5 Å². The highest BCUT2D eigenvalue weighted by Crippen LogP contribution is 2.29. The Balaban J connectivity index is 1.31. The summed E-state index contributed by atoms with van der Waals surface area (Å²) in [5, 5.41) is 0. The predicted molar refractivity (Wildman–Crippen MR) is 107 cm³/mol. The highest BCUT2D eigenvalue weighted by Gasteiger charge is 2.30. The molecule has 3 heterocycles. The molecule has 1 saturated heterocycles. The van der Waals surface area contributed by atoms with Crippen molar-refractivity contribution >= 4 is 6.09 Å². The highest BCUT2D eigenvalue weighted by molar-refractivity contribution is 5.68. The van der Waals surface area contributed by atoms with Gasteiger partial charge in [0, 0.05) is 38.2 Å². The van der Waals surface area contributed by atoms with E-state index in [1.807, 2.05) is 26.8 Å². The summed E-state index contributed by atoms with van der Waals surface area (Å²) in [6.07, 6.45) is 7.07. The predicted octanol–water partition coefficient (Wildman–Crippen LogP) is 3.77. The molecule has 6 nitrogen and oxygen atoms in total. The summed E-state index contributed by atoms with van der Waals surface area (Å²) in [5.41, 5.74) is 1.66. The van der Waals surface area contributed by atoms with Crippen LogP contribution in [0.25, 0.3) is 0 Å². The van der Waals surface area contributed by atoms with E-state index < -0.39 is 5.60 Å². The van der Waals surface area contributed by atoms with Crippen LogP contribution < -0.4 is 4.74 Å². The van der Waals surface area contributed by atoms with Crippen molar-refractivity contribution in [2.24, 2.45) is 0 Å². The van der Waals surface area contributed by atoms with E-state index in [-0.39, 0.29) is 12.2 Å². The van der Waals surface area contributed by atoms with Crippen molar-refractivity contribution in [3.8, 4) is 5.88 Å². The number of nitrogens with zero attached hydrogens (tertiary/aromatic N) is 3. The Bertz CT molecular complexity index is 703. The first-order valence-corrected chi connectivity index (χ1v) is 10.7. The third kappa shape index (κ3) is 4.59. The molecular formula is C22H33N3O3. The van der Waals surface area contributed by atoms with Crippen LogP contribution in [-0.4, -0.2) is 58.3 Å². The van der Waals surface area contributed by atoms with E-state index in [4.69, 9.17) is 14.5 Å². The quantitative estimate of drug-likeness (QED) is 0.790. The summed E-state index contributed by atoms with van der Waals surface area (Å²) in [7, 11) is 0. The van der Waals surface area contributed by atoms with Gasteiger partial charge in [0.15, 0.2) is 0 Å². The molecule has 0 unspecified atom stereocenters. The third-order valence-electron chi connectivity index (χ3n) is 6.03. The Morgan fingerprint density at radius 1 is 1.11 bits per heavy atom. The number of likely N-dealkylation sites (tertiary alicyclic amines) is 1. The van der Waals surface area contributed by atoms with E-state index in [0.29, 0.717) is 13.1 Å². The van der Waals surface area contributed by atoms with Gasteiger partial charge in [0.05, 0.1) is 12.2 Å². The molecule has 0 atom stereocenters. The Labute approximate surface area is 168 Å². The lowest BCUT2D eigenvalue weighted by molar-refractivity contribution is 0.0222. The maximum atomic E-state index is 12.3. The number of hydrogen-bond donors (Lipinski definition) is 0. The highest BCUT2D eigenvalue weighted by atomic mass is 16.6. The van der Waals surface area contributed by atoms with Gasteiger partial charge in [-0.25, -0.2) is 9.78 Å². The standard InChI is InChI=1S/C22H33N3O3/c1-22(2,3)28-21(26)25-14-11-19-16(15-25)7-8-20(23-19)27-18-9-12-24(13-10-18)17-5-4-6-17/h7-8,17-18H,4-6,9-15H2,1-3H3. The van der Waals surface area contributed by atoms with Crippen LogP contribution in [0.1, 0.15) is 64.1 Å². The summed E-state index contributed by atoms with van der Waals surface area (Å²) in [4.78, 5) is 21.4. The molecule has 2 aliphatic heterocycles. The molecule has 0 bridgehead atoms. The van der Waals surface area contributed by atoms with Crippen molar-refractivity contribution in [3.63, 3.8) is 0 Å². The van der Waals surface area contributed by atoms with E-state index in [9.17, 15) is 4.79 Å². The molecule has 1 aliphatic carbocycles. The molecule has 3 aliphatic rings. The molecule has 0 radical (unpaired) electrons. The first kappa shape index (κ1) is 19.5. The molecule has 1 aromatic heterocycles. The lowest BCUT2D eigenvalue weighted by atomic mass is 9.90. The van der Waals surface area contributed by atoms with Crippen LogP contribution in [-0.2, 0) is 17.7 Å². The van der Waals surface area contributed by atoms with Crippen molar-refractivity contribution < 1.29 is 14.3 Å². The zero-order valence-electron chi connectivity index (χ0n) is 17.4. The van der Waals surface area contributed by atoms with Gasteiger partial charge in [0.1, 0.15) is 11.7 Å². The summed E-state index contributed by atoms with van der Waals surface area (Å²) >= 11 is 0. The minimum Gasteiger partial charge on any atom is -0.474 e. The lowest BCUT2D eigenvalue weighted by Gasteiger charge is -2.41. The third-order valence-corrected chi connectivity index (χ3v) is 6.03. The minimum atomic E-state index is -0.471. The van der Waals surface area contributed by atoms with Crippen molar-refractivity contribution in [2.45, 2.75) is 83.6 Å². The second kappa shape index (κ2) is 7.90. The number of fused-ring (bicyclic) bond motifs is 1. The summed E-state index contributed by atoms with van der Waals surface area (Å²) < 4.78 is 11.7. The number of pyridine rings is 1. The Kier molecular flexibility index (Phi) is 5.50. The van der Waals surface area contributed by atoms with Gasteiger partial charge < -0.3 is 19.3 Å². The molecule has 0 spiro atoms. The molecule has 6 heteroatoms. The molecule has 1 aromatic rings. The number of rotatable bonds is 3. The van der Waals surface area contributed by atoms with Gasteiger partial charge in [-0.3, -0.25) is 0 Å². The van der Waals surface area contributed by atoms with Crippen molar-refractivity contribution in [2.75, 3.05) is 19.6 Å². The minimum absolute atomic E-state index is 0.253. The molecule has 1 amide bonds. The average molecular weight is 388 g/mol. The van der Waals surface area contributed by atoms with Crippen molar-refractivity contribution in [1.29, 1.82) is 0 Å². The van der Waals surface area contributed by atoms with Gasteiger partial charge in [0.25, 0.3) is 0 Å². The number of carbonyl (C=O) groups excluding carboxylic acids is 1. The van der Waals surface area contributed by atoms with Crippen LogP contribution in [0.4, 0.5) is 4.79 Å².